The largest absolute Gasteiger partial charge is 0.368 e. The van der Waals surface area contributed by atoms with E-state index in [4.69, 9.17) is 11.5 Å². The number of fused-ring (bicyclic) bond motifs is 1. The van der Waals surface area contributed by atoms with Crippen LogP contribution in [0.25, 0.3) is 17.0 Å². The van der Waals surface area contributed by atoms with Crippen LogP contribution in [0.5, 0.6) is 0 Å². The number of imidazole rings is 1. The van der Waals surface area contributed by atoms with Crippen molar-refractivity contribution < 1.29 is 4.39 Å². The maximum atomic E-state index is 14.0. The number of benzene rings is 1. The molecule has 0 aliphatic heterocycles. The zero-order valence-corrected chi connectivity index (χ0v) is 13.1. The zero-order valence-electron chi connectivity index (χ0n) is 13.1. The van der Waals surface area contributed by atoms with Crippen molar-refractivity contribution in [3.8, 4) is 11.5 Å². The number of nitrogens with zero attached hydrogens (tertiary/aromatic N) is 5. The molecule has 25 heavy (non-hydrogen) atoms. The van der Waals surface area contributed by atoms with E-state index < -0.39 is 0 Å². The second-order valence-electron chi connectivity index (χ2n) is 5.48. The minimum atomic E-state index is -0.273. The molecule has 0 amide bonds. The molecule has 0 fully saturated rings. The predicted molar refractivity (Wildman–Crippen MR) is 92.0 cm³/mol. The highest BCUT2D eigenvalue weighted by molar-refractivity contribution is 5.74. The maximum absolute atomic E-state index is 14.0. The van der Waals surface area contributed by atoms with E-state index in [1.165, 1.54) is 6.07 Å². The molecule has 7 nitrogen and oxygen atoms in total. The van der Waals surface area contributed by atoms with Crippen LogP contribution < -0.4 is 11.5 Å². The summed E-state index contributed by atoms with van der Waals surface area (Å²) >= 11 is 0. The Bertz CT molecular complexity index is 1050. The van der Waals surface area contributed by atoms with Gasteiger partial charge in [-0.15, -0.1) is 0 Å². The van der Waals surface area contributed by atoms with Crippen LogP contribution in [0.3, 0.4) is 0 Å². The average molecular weight is 335 g/mol. The molecule has 0 aliphatic rings. The molecule has 0 aliphatic carbocycles. The molecule has 124 valence electrons. The van der Waals surface area contributed by atoms with E-state index in [0.717, 1.165) is 5.52 Å². The molecule has 4 N–H and O–H groups in total. The normalized spacial score (nSPS) is 11.1. The molecule has 8 heteroatoms. The summed E-state index contributed by atoms with van der Waals surface area (Å²) in [6, 6.07) is 12.2. The Morgan fingerprint density at radius 1 is 0.880 bits per heavy atom. The van der Waals surface area contributed by atoms with Crippen molar-refractivity contribution in [2.24, 2.45) is 0 Å². The quantitative estimate of drug-likeness (QED) is 0.593. The lowest BCUT2D eigenvalue weighted by Gasteiger charge is -2.02. The molecule has 0 saturated heterocycles. The molecular weight excluding hydrogens is 321 g/mol. The first-order valence-corrected chi connectivity index (χ1v) is 7.58. The van der Waals surface area contributed by atoms with Crippen molar-refractivity contribution >= 4 is 17.4 Å². The van der Waals surface area contributed by atoms with E-state index in [2.05, 4.69) is 19.9 Å². The topological polar surface area (TPSA) is 108 Å². The first-order valence-electron chi connectivity index (χ1n) is 7.58. The van der Waals surface area contributed by atoms with Crippen LogP contribution in [0.1, 0.15) is 11.4 Å². The summed E-state index contributed by atoms with van der Waals surface area (Å²) in [6.45, 7) is 0. The second kappa shape index (κ2) is 5.82. The number of anilines is 2. The molecule has 3 aromatic heterocycles. The molecule has 4 rings (SSSR count). The Hall–Kier alpha value is -3.55. The second-order valence-corrected chi connectivity index (χ2v) is 5.48. The molecule has 4 aromatic rings. The molecule has 0 spiro atoms. The van der Waals surface area contributed by atoms with E-state index in [0.29, 0.717) is 23.5 Å². The molecule has 0 saturated carbocycles. The van der Waals surface area contributed by atoms with Gasteiger partial charge in [-0.25, -0.2) is 9.37 Å². The van der Waals surface area contributed by atoms with Crippen LogP contribution in [0.2, 0.25) is 0 Å². The van der Waals surface area contributed by atoms with Gasteiger partial charge in [0.15, 0.2) is 5.82 Å². The van der Waals surface area contributed by atoms with Gasteiger partial charge in [0.25, 0.3) is 0 Å². The smallest absolute Gasteiger partial charge is 0.225 e. The molecular formula is C17H14FN7. The van der Waals surface area contributed by atoms with Gasteiger partial charge in [0.1, 0.15) is 17.3 Å². The highest BCUT2D eigenvalue weighted by Crippen LogP contribution is 2.24. The van der Waals surface area contributed by atoms with Crippen LogP contribution in [-0.4, -0.2) is 24.3 Å². The highest BCUT2D eigenvalue weighted by Gasteiger charge is 2.17. The van der Waals surface area contributed by atoms with Gasteiger partial charge in [0, 0.05) is 12.6 Å². The van der Waals surface area contributed by atoms with E-state index in [-0.39, 0.29) is 23.5 Å². The fourth-order valence-electron chi connectivity index (χ4n) is 2.72. The van der Waals surface area contributed by atoms with Gasteiger partial charge in [-0.2, -0.15) is 15.0 Å². The predicted octanol–water partition coefficient (Wildman–Crippen LogP) is 2.08. The van der Waals surface area contributed by atoms with Crippen LogP contribution in [0, 0.1) is 5.82 Å². The Kier molecular flexibility index (Phi) is 3.50. The SMILES string of the molecule is Nc1nc(N)nc(-c2nc(Cc3ccccc3F)n3ccccc23)n1. The lowest BCUT2D eigenvalue weighted by Crippen LogP contribution is -2.04. The molecule has 0 unspecified atom stereocenters. The van der Waals surface area contributed by atoms with Crippen LogP contribution >= 0.6 is 0 Å². The Morgan fingerprint density at radius 3 is 2.36 bits per heavy atom. The Morgan fingerprint density at radius 2 is 1.60 bits per heavy atom. The van der Waals surface area contributed by atoms with Crippen LogP contribution in [0.15, 0.2) is 48.7 Å². The minimum Gasteiger partial charge on any atom is -0.368 e. The summed E-state index contributed by atoms with van der Waals surface area (Å²) in [7, 11) is 0. The van der Waals surface area contributed by atoms with Gasteiger partial charge in [-0.3, -0.25) is 0 Å². The first kappa shape index (κ1) is 15.0. The number of nitrogen functional groups attached to an aromatic ring is 2. The summed E-state index contributed by atoms with van der Waals surface area (Å²) in [4.78, 5) is 16.6. The zero-order chi connectivity index (χ0) is 17.4. The van der Waals surface area contributed by atoms with Crippen molar-refractivity contribution in [1.82, 2.24) is 24.3 Å². The fraction of sp³-hybridized carbons (Fsp3) is 0.0588. The first-order chi connectivity index (χ1) is 12.1. The van der Waals surface area contributed by atoms with E-state index >= 15 is 0 Å². The van der Waals surface area contributed by atoms with Gasteiger partial charge >= 0.3 is 0 Å². The van der Waals surface area contributed by atoms with Gasteiger partial charge in [0.05, 0.1) is 5.52 Å². The molecule has 1 aromatic carbocycles. The van der Waals surface area contributed by atoms with Crippen molar-refractivity contribution in [3.05, 3.63) is 65.9 Å². The summed E-state index contributed by atoms with van der Waals surface area (Å²) in [5, 5.41) is 0. The Labute approximate surface area is 142 Å². The van der Waals surface area contributed by atoms with Crippen molar-refractivity contribution in [1.29, 1.82) is 0 Å². The number of pyridine rings is 1. The van der Waals surface area contributed by atoms with Gasteiger partial charge in [-0.1, -0.05) is 24.3 Å². The van der Waals surface area contributed by atoms with Crippen molar-refractivity contribution in [2.75, 3.05) is 11.5 Å². The minimum absolute atomic E-state index is 0.0234. The molecule has 0 radical (unpaired) electrons. The Balaban J connectivity index is 1.88. The number of aromatic nitrogens is 5. The van der Waals surface area contributed by atoms with E-state index in [1.807, 2.05) is 28.8 Å². The van der Waals surface area contributed by atoms with Gasteiger partial charge in [0.2, 0.25) is 11.9 Å². The highest BCUT2D eigenvalue weighted by atomic mass is 19.1. The molecule has 0 bridgehead atoms. The number of nitrogens with two attached hydrogens (primary N) is 2. The molecule has 0 atom stereocenters. The summed E-state index contributed by atoms with van der Waals surface area (Å²) in [6.07, 6.45) is 2.18. The van der Waals surface area contributed by atoms with E-state index in [1.54, 1.807) is 18.2 Å². The van der Waals surface area contributed by atoms with Crippen molar-refractivity contribution in [2.45, 2.75) is 6.42 Å². The molecule has 3 heterocycles. The van der Waals surface area contributed by atoms with Crippen LogP contribution in [-0.2, 0) is 6.42 Å². The third kappa shape index (κ3) is 2.74. The van der Waals surface area contributed by atoms with Crippen molar-refractivity contribution in [3.63, 3.8) is 0 Å². The third-order valence-corrected chi connectivity index (χ3v) is 3.81. The summed E-state index contributed by atoms with van der Waals surface area (Å²) in [5.41, 5.74) is 13.2. The number of hydrogen-bond acceptors (Lipinski definition) is 6. The maximum Gasteiger partial charge on any atom is 0.225 e. The van der Waals surface area contributed by atoms with Gasteiger partial charge in [-0.05, 0) is 23.8 Å². The number of hydrogen-bond donors (Lipinski definition) is 2. The standard InChI is InChI=1S/C17H14FN7/c18-11-6-2-1-5-10(11)9-13-21-14(12-7-3-4-8-25(12)13)15-22-16(19)24-17(20)23-15/h1-8H,9H2,(H4,19,20,22,23,24). The fourth-order valence-corrected chi connectivity index (χ4v) is 2.72. The average Bonchev–Trinajstić information content (AvgIpc) is 2.95. The number of rotatable bonds is 3. The monoisotopic (exact) mass is 335 g/mol. The lowest BCUT2D eigenvalue weighted by molar-refractivity contribution is 0.612. The van der Waals surface area contributed by atoms with Gasteiger partial charge < -0.3 is 15.9 Å². The summed E-state index contributed by atoms with van der Waals surface area (Å²) < 4.78 is 15.9. The van der Waals surface area contributed by atoms with Crippen LogP contribution in [0.4, 0.5) is 16.3 Å². The van der Waals surface area contributed by atoms with E-state index in [9.17, 15) is 4.39 Å². The lowest BCUT2D eigenvalue weighted by atomic mass is 10.1. The third-order valence-electron chi connectivity index (χ3n) is 3.81. The summed E-state index contributed by atoms with van der Waals surface area (Å²) in [5.74, 6) is 0.720. The number of halogens is 1.